The van der Waals surface area contributed by atoms with Crippen LogP contribution in [0.5, 0.6) is 0 Å². The van der Waals surface area contributed by atoms with Crippen molar-refractivity contribution in [2.24, 2.45) is 0 Å². The fraction of sp³-hybridized carbons (Fsp3) is 0.667. The number of carbonyl (C=O) groups is 1. The molecule has 1 fully saturated rings. The molecule has 1 aliphatic carbocycles. The molecule has 6 nitrogen and oxygen atoms in total. The Labute approximate surface area is 131 Å². The lowest BCUT2D eigenvalue weighted by Crippen LogP contribution is -2.51. The van der Waals surface area contributed by atoms with E-state index >= 15 is 0 Å². The molecule has 1 aromatic rings. The molecule has 0 bridgehead atoms. The Morgan fingerprint density at radius 2 is 2.09 bits per heavy atom. The van der Waals surface area contributed by atoms with Crippen LogP contribution in [0.4, 0.5) is 4.79 Å². The first-order valence-corrected chi connectivity index (χ1v) is 9.51. The molecule has 124 valence electrons. The topological polar surface area (TPSA) is 79.6 Å². The van der Waals surface area contributed by atoms with Gasteiger partial charge in [0.1, 0.15) is 5.76 Å². The van der Waals surface area contributed by atoms with Gasteiger partial charge in [-0.1, -0.05) is 12.8 Å². The van der Waals surface area contributed by atoms with Gasteiger partial charge in [0.05, 0.1) is 17.6 Å². The minimum Gasteiger partial charge on any atom is -0.467 e. The normalized spacial score (nSPS) is 23.8. The van der Waals surface area contributed by atoms with E-state index in [1.54, 1.807) is 19.4 Å². The van der Waals surface area contributed by atoms with E-state index in [1.807, 2.05) is 13.0 Å². The van der Waals surface area contributed by atoms with Crippen molar-refractivity contribution in [3.05, 3.63) is 24.2 Å². The van der Waals surface area contributed by atoms with Gasteiger partial charge in [0.2, 0.25) is 0 Å². The molecule has 0 aliphatic heterocycles. The third-order valence-corrected chi connectivity index (χ3v) is 6.08. The highest BCUT2D eigenvalue weighted by Crippen LogP contribution is 2.25. The van der Waals surface area contributed by atoms with Crippen LogP contribution in [0.25, 0.3) is 0 Å². The van der Waals surface area contributed by atoms with E-state index < -0.39 is 15.1 Å². The van der Waals surface area contributed by atoms with Crippen LogP contribution in [0.1, 0.15) is 44.4 Å². The summed E-state index contributed by atoms with van der Waals surface area (Å²) in [6.45, 7) is 1.87. The second-order valence-corrected chi connectivity index (χ2v) is 8.28. The van der Waals surface area contributed by atoms with Gasteiger partial charge >= 0.3 is 6.03 Å². The van der Waals surface area contributed by atoms with Crippen molar-refractivity contribution in [2.75, 3.05) is 13.3 Å². The summed E-state index contributed by atoms with van der Waals surface area (Å²) in [6.07, 6.45) is 5.96. The number of sulfone groups is 1. The van der Waals surface area contributed by atoms with Crippen molar-refractivity contribution < 1.29 is 17.6 Å². The van der Waals surface area contributed by atoms with Crippen LogP contribution >= 0.6 is 0 Å². The maximum Gasteiger partial charge on any atom is 0.318 e. The van der Waals surface area contributed by atoms with Crippen molar-refractivity contribution >= 4 is 15.9 Å². The largest absolute Gasteiger partial charge is 0.467 e. The standard InChI is InChI=1S/C15H24N2O4S/c1-11(13-8-6-10-21-13)17(2)15(18)16-12-7-4-5-9-14(12)22(3,19)20/h6,8,10-12,14H,4-5,7,9H2,1-3H3,(H,16,18)/t11?,12-,14-/m1/s1. The third-order valence-electron chi connectivity index (χ3n) is 4.42. The van der Waals surface area contributed by atoms with Crippen LogP contribution in [-0.4, -0.2) is 43.9 Å². The SMILES string of the molecule is CC(c1ccco1)N(C)C(=O)N[C@@H]1CCCC[C@H]1S(C)(=O)=O. The van der Waals surface area contributed by atoms with Gasteiger partial charge in [0, 0.05) is 19.3 Å². The van der Waals surface area contributed by atoms with Crippen molar-refractivity contribution in [2.45, 2.75) is 49.9 Å². The molecule has 1 saturated carbocycles. The van der Waals surface area contributed by atoms with E-state index in [-0.39, 0.29) is 18.1 Å². The summed E-state index contributed by atoms with van der Waals surface area (Å²) in [5, 5.41) is 2.40. The quantitative estimate of drug-likeness (QED) is 0.920. The van der Waals surface area contributed by atoms with Crippen molar-refractivity contribution in [1.29, 1.82) is 0 Å². The minimum atomic E-state index is -3.16. The highest BCUT2D eigenvalue weighted by atomic mass is 32.2. The molecular weight excluding hydrogens is 304 g/mol. The zero-order valence-corrected chi connectivity index (χ0v) is 14.1. The number of nitrogens with zero attached hydrogens (tertiary/aromatic N) is 1. The van der Waals surface area contributed by atoms with E-state index in [2.05, 4.69) is 5.32 Å². The molecule has 0 aromatic carbocycles. The Kier molecular flexibility index (Phi) is 5.16. The average molecular weight is 328 g/mol. The van der Waals surface area contributed by atoms with E-state index in [0.29, 0.717) is 18.6 Å². The average Bonchev–Trinajstić information content (AvgIpc) is 2.99. The fourth-order valence-electron chi connectivity index (χ4n) is 2.93. The van der Waals surface area contributed by atoms with E-state index in [0.717, 1.165) is 12.8 Å². The van der Waals surface area contributed by atoms with E-state index in [1.165, 1.54) is 11.2 Å². The summed E-state index contributed by atoms with van der Waals surface area (Å²) in [4.78, 5) is 13.9. The number of furan rings is 1. The van der Waals surface area contributed by atoms with Gasteiger partial charge in [0.25, 0.3) is 0 Å². The predicted molar refractivity (Wildman–Crippen MR) is 84.3 cm³/mol. The zero-order valence-electron chi connectivity index (χ0n) is 13.3. The summed E-state index contributed by atoms with van der Waals surface area (Å²) in [5.74, 6) is 0.695. The first-order chi connectivity index (χ1) is 10.3. The molecule has 2 rings (SSSR count). The molecule has 2 amide bonds. The molecular formula is C15H24N2O4S. The van der Waals surface area contributed by atoms with Crippen LogP contribution in [0, 0.1) is 0 Å². The molecule has 7 heteroatoms. The van der Waals surface area contributed by atoms with Gasteiger partial charge in [-0.3, -0.25) is 0 Å². The number of hydrogen-bond donors (Lipinski definition) is 1. The Bertz CT molecular complexity index is 597. The van der Waals surface area contributed by atoms with E-state index in [4.69, 9.17) is 4.42 Å². The van der Waals surface area contributed by atoms with Gasteiger partial charge < -0.3 is 14.6 Å². The summed E-state index contributed by atoms with van der Waals surface area (Å²) >= 11 is 0. The Morgan fingerprint density at radius 3 is 2.68 bits per heavy atom. The Hall–Kier alpha value is -1.50. The zero-order chi connectivity index (χ0) is 16.3. The highest BCUT2D eigenvalue weighted by Gasteiger charge is 2.34. The first-order valence-electron chi connectivity index (χ1n) is 7.56. The van der Waals surface area contributed by atoms with Crippen LogP contribution in [0.2, 0.25) is 0 Å². The molecule has 0 spiro atoms. The second kappa shape index (κ2) is 6.73. The number of hydrogen-bond acceptors (Lipinski definition) is 4. The molecule has 22 heavy (non-hydrogen) atoms. The van der Waals surface area contributed by atoms with Gasteiger partial charge in [-0.25, -0.2) is 13.2 Å². The molecule has 1 heterocycles. The Morgan fingerprint density at radius 1 is 1.41 bits per heavy atom. The number of urea groups is 1. The number of nitrogens with one attached hydrogen (secondary N) is 1. The highest BCUT2D eigenvalue weighted by molar-refractivity contribution is 7.91. The van der Waals surface area contributed by atoms with Gasteiger partial charge in [0.15, 0.2) is 9.84 Å². The van der Waals surface area contributed by atoms with Gasteiger partial charge in [-0.15, -0.1) is 0 Å². The lowest BCUT2D eigenvalue weighted by atomic mass is 9.95. The van der Waals surface area contributed by atoms with Gasteiger partial charge in [-0.05, 0) is 31.9 Å². The maximum absolute atomic E-state index is 12.4. The van der Waals surface area contributed by atoms with Crippen LogP contribution in [-0.2, 0) is 9.84 Å². The minimum absolute atomic E-state index is 0.213. The van der Waals surface area contributed by atoms with E-state index in [9.17, 15) is 13.2 Å². The van der Waals surface area contributed by atoms with Crippen molar-refractivity contribution in [1.82, 2.24) is 10.2 Å². The molecule has 1 aliphatic rings. The summed E-state index contributed by atoms with van der Waals surface area (Å²) in [7, 11) is -1.48. The second-order valence-electron chi connectivity index (χ2n) is 6.01. The summed E-state index contributed by atoms with van der Waals surface area (Å²) in [6, 6.07) is 2.79. The van der Waals surface area contributed by atoms with Gasteiger partial charge in [-0.2, -0.15) is 0 Å². The number of amides is 2. The monoisotopic (exact) mass is 328 g/mol. The molecule has 1 aromatic heterocycles. The van der Waals surface area contributed by atoms with Crippen LogP contribution < -0.4 is 5.32 Å². The summed E-state index contributed by atoms with van der Waals surface area (Å²) < 4.78 is 29.1. The molecule has 0 radical (unpaired) electrons. The van der Waals surface area contributed by atoms with Crippen LogP contribution in [0.15, 0.2) is 22.8 Å². The maximum atomic E-state index is 12.4. The molecule has 1 unspecified atom stereocenters. The van der Waals surface area contributed by atoms with Crippen molar-refractivity contribution in [3.63, 3.8) is 0 Å². The molecule has 1 N–H and O–H groups in total. The molecule has 3 atom stereocenters. The number of carbonyl (C=O) groups excluding carboxylic acids is 1. The smallest absolute Gasteiger partial charge is 0.318 e. The number of rotatable bonds is 4. The summed E-state index contributed by atoms with van der Waals surface area (Å²) in [5.41, 5.74) is 0. The fourth-order valence-corrected chi connectivity index (χ4v) is 4.33. The molecule has 0 saturated heterocycles. The lowest BCUT2D eigenvalue weighted by Gasteiger charge is -2.33. The van der Waals surface area contributed by atoms with Crippen LogP contribution in [0.3, 0.4) is 0 Å². The predicted octanol–water partition coefficient (Wildman–Crippen LogP) is 2.34. The third kappa shape index (κ3) is 3.82. The van der Waals surface area contributed by atoms with Crippen molar-refractivity contribution in [3.8, 4) is 0 Å². The first kappa shape index (κ1) is 16.9. The lowest BCUT2D eigenvalue weighted by molar-refractivity contribution is 0.180. The Balaban J connectivity index is 2.03.